The average Bonchev–Trinajstić information content (AvgIpc) is 3.61. The molecule has 0 aromatic heterocycles. The van der Waals surface area contributed by atoms with Crippen molar-refractivity contribution in [2.24, 2.45) is 11.8 Å². The molecule has 5 rings (SSSR count). The van der Waals surface area contributed by atoms with E-state index >= 15 is 0 Å². The van der Waals surface area contributed by atoms with Gasteiger partial charge in [0.05, 0.1) is 18.1 Å². The maximum atomic E-state index is 13.3. The Bertz CT molecular complexity index is 1010. The molecule has 0 bridgehead atoms. The lowest BCUT2D eigenvalue weighted by Crippen LogP contribution is -2.47. The van der Waals surface area contributed by atoms with Crippen LogP contribution in [0.5, 0.6) is 0 Å². The molecule has 0 spiro atoms. The summed E-state index contributed by atoms with van der Waals surface area (Å²) in [6.45, 7) is 5.09. The van der Waals surface area contributed by atoms with Crippen LogP contribution in [-0.4, -0.2) is 74.9 Å². The molecule has 1 saturated carbocycles. The molecule has 1 atom stereocenters. The number of piperidine rings is 1. The fraction of sp³-hybridized carbons (Fsp3) is 0.652. The van der Waals surface area contributed by atoms with Gasteiger partial charge in [0.25, 0.3) is 0 Å². The SMILES string of the molecule is C[C@H]1Cc2cc(S(=O)(=O)N3CCC(C(=O)N4CCOCC4)CC3)ccc2N1C(=O)C1CC1. The number of hydrogen-bond donors (Lipinski definition) is 0. The fourth-order valence-electron chi connectivity index (χ4n) is 5.16. The smallest absolute Gasteiger partial charge is 0.243 e. The summed E-state index contributed by atoms with van der Waals surface area (Å²) in [5, 5.41) is 0. The second-order valence-corrected chi connectivity index (χ2v) is 11.4. The second kappa shape index (κ2) is 8.43. The molecule has 0 radical (unpaired) electrons. The van der Waals surface area contributed by atoms with Crippen molar-refractivity contribution in [3.05, 3.63) is 23.8 Å². The molecule has 2 amide bonds. The molecular formula is C23H31N3O5S. The van der Waals surface area contributed by atoms with E-state index in [0.29, 0.717) is 58.7 Å². The molecule has 1 aromatic rings. The summed E-state index contributed by atoms with van der Waals surface area (Å²) in [5.74, 6) is 0.298. The zero-order chi connectivity index (χ0) is 22.5. The van der Waals surface area contributed by atoms with Gasteiger partial charge in [0.2, 0.25) is 21.8 Å². The average molecular weight is 462 g/mol. The van der Waals surface area contributed by atoms with Gasteiger partial charge in [0.1, 0.15) is 0 Å². The highest BCUT2D eigenvalue weighted by Crippen LogP contribution is 2.40. The summed E-state index contributed by atoms with van der Waals surface area (Å²) in [7, 11) is -3.63. The lowest BCUT2D eigenvalue weighted by Gasteiger charge is -2.35. The number of anilines is 1. The number of benzene rings is 1. The number of nitrogens with zero attached hydrogens (tertiary/aromatic N) is 3. The Hall–Kier alpha value is -1.97. The van der Waals surface area contributed by atoms with Crippen molar-refractivity contribution in [1.82, 2.24) is 9.21 Å². The van der Waals surface area contributed by atoms with E-state index in [0.717, 1.165) is 24.1 Å². The van der Waals surface area contributed by atoms with Crippen molar-refractivity contribution >= 4 is 27.5 Å². The molecule has 174 valence electrons. The number of sulfonamides is 1. The van der Waals surface area contributed by atoms with E-state index in [-0.39, 0.29) is 34.6 Å². The van der Waals surface area contributed by atoms with Crippen LogP contribution in [0.15, 0.2) is 23.1 Å². The normalized spacial score (nSPS) is 25.1. The van der Waals surface area contributed by atoms with Crippen molar-refractivity contribution in [3.63, 3.8) is 0 Å². The van der Waals surface area contributed by atoms with E-state index in [1.807, 2.05) is 16.7 Å². The molecule has 1 aliphatic carbocycles. The van der Waals surface area contributed by atoms with Crippen LogP contribution in [0.2, 0.25) is 0 Å². The molecule has 32 heavy (non-hydrogen) atoms. The molecule has 2 saturated heterocycles. The van der Waals surface area contributed by atoms with Gasteiger partial charge in [-0.2, -0.15) is 4.31 Å². The Morgan fingerprint density at radius 1 is 0.938 bits per heavy atom. The quantitative estimate of drug-likeness (QED) is 0.680. The number of ether oxygens (including phenoxy) is 1. The third-order valence-corrected chi connectivity index (χ3v) is 9.09. The topological polar surface area (TPSA) is 87.2 Å². The Labute approximate surface area is 189 Å². The Kier molecular flexibility index (Phi) is 5.75. The number of amides is 2. The van der Waals surface area contributed by atoms with Crippen molar-refractivity contribution < 1.29 is 22.7 Å². The lowest BCUT2D eigenvalue weighted by atomic mass is 9.96. The number of hydrogen-bond acceptors (Lipinski definition) is 5. The number of rotatable bonds is 4. The van der Waals surface area contributed by atoms with Crippen molar-refractivity contribution in [1.29, 1.82) is 0 Å². The first kappa shape index (κ1) is 21.9. The van der Waals surface area contributed by atoms with Gasteiger partial charge in [-0.25, -0.2) is 8.42 Å². The maximum Gasteiger partial charge on any atom is 0.243 e. The summed E-state index contributed by atoms with van der Waals surface area (Å²) >= 11 is 0. The molecular weight excluding hydrogens is 430 g/mol. The first-order chi connectivity index (χ1) is 15.4. The largest absolute Gasteiger partial charge is 0.378 e. The van der Waals surface area contributed by atoms with Crippen LogP contribution in [0.1, 0.15) is 38.2 Å². The number of morpholine rings is 1. The molecule has 0 N–H and O–H groups in total. The fourth-order valence-corrected chi connectivity index (χ4v) is 6.69. The molecule has 4 aliphatic rings. The van der Waals surface area contributed by atoms with Gasteiger partial charge in [-0.1, -0.05) is 0 Å². The minimum Gasteiger partial charge on any atom is -0.378 e. The number of carbonyl (C=O) groups is 2. The van der Waals surface area contributed by atoms with Crippen LogP contribution >= 0.6 is 0 Å². The number of carbonyl (C=O) groups excluding carboxylic acids is 2. The van der Waals surface area contributed by atoms with Gasteiger partial charge >= 0.3 is 0 Å². The zero-order valence-electron chi connectivity index (χ0n) is 18.5. The minimum atomic E-state index is -3.63. The Balaban J connectivity index is 1.27. The molecule has 0 unspecified atom stereocenters. The molecule has 3 fully saturated rings. The summed E-state index contributed by atoms with van der Waals surface area (Å²) in [5.41, 5.74) is 1.77. The van der Waals surface area contributed by atoms with E-state index in [1.165, 1.54) is 4.31 Å². The van der Waals surface area contributed by atoms with Crippen molar-refractivity contribution in [2.45, 2.75) is 50.0 Å². The summed E-state index contributed by atoms with van der Waals surface area (Å²) in [6, 6.07) is 5.22. The molecule has 3 aliphatic heterocycles. The minimum absolute atomic E-state index is 0.0537. The lowest BCUT2D eigenvalue weighted by molar-refractivity contribution is -0.140. The predicted molar refractivity (Wildman–Crippen MR) is 119 cm³/mol. The highest BCUT2D eigenvalue weighted by Gasteiger charge is 2.40. The Morgan fingerprint density at radius 2 is 1.59 bits per heavy atom. The predicted octanol–water partition coefficient (Wildman–Crippen LogP) is 1.63. The zero-order valence-corrected chi connectivity index (χ0v) is 19.3. The summed E-state index contributed by atoms with van der Waals surface area (Å²) in [4.78, 5) is 29.4. The van der Waals surface area contributed by atoms with Gasteiger partial charge in [-0.05, 0) is 62.8 Å². The van der Waals surface area contributed by atoms with Gasteiger partial charge in [-0.15, -0.1) is 0 Å². The van der Waals surface area contributed by atoms with E-state index < -0.39 is 10.0 Å². The molecule has 1 aromatic carbocycles. The monoisotopic (exact) mass is 461 g/mol. The first-order valence-corrected chi connectivity index (χ1v) is 13.1. The van der Waals surface area contributed by atoms with Crippen molar-refractivity contribution in [2.75, 3.05) is 44.3 Å². The maximum absolute atomic E-state index is 13.3. The number of fused-ring (bicyclic) bond motifs is 1. The first-order valence-electron chi connectivity index (χ1n) is 11.7. The van der Waals surface area contributed by atoms with Crippen LogP contribution in [-0.2, 0) is 30.8 Å². The third-order valence-electron chi connectivity index (χ3n) is 7.19. The van der Waals surface area contributed by atoms with E-state index in [9.17, 15) is 18.0 Å². The van der Waals surface area contributed by atoms with Gasteiger partial charge in [-0.3, -0.25) is 9.59 Å². The molecule has 3 heterocycles. The van der Waals surface area contributed by atoms with Crippen LogP contribution in [0, 0.1) is 11.8 Å². The molecule has 8 nitrogen and oxygen atoms in total. The van der Waals surface area contributed by atoms with Gasteiger partial charge in [0.15, 0.2) is 0 Å². The van der Waals surface area contributed by atoms with Gasteiger partial charge in [0, 0.05) is 49.7 Å². The van der Waals surface area contributed by atoms with E-state index in [1.54, 1.807) is 18.2 Å². The van der Waals surface area contributed by atoms with Crippen LogP contribution in [0.25, 0.3) is 0 Å². The van der Waals surface area contributed by atoms with Crippen molar-refractivity contribution in [3.8, 4) is 0 Å². The highest BCUT2D eigenvalue weighted by atomic mass is 32.2. The Morgan fingerprint density at radius 3 is 2.25 bits per heavy atom. The molecule has 9 heteroatoms. The van der Waals surface area contributed by atoms with Crippen LogP contribution < -0.4 is 4.90 Å². The standard InChI is InChI=1S/C23H31N3O5S/c1-16-14-19-15-20(4-5-21(19)26(16)23(28)17-2-3-17)32(29,30)25-8-6-18(7-9-25)22(27)24-10-12-31-13-11-24/h4-5,15-18H,2-3,6-14H2,1H3/t16-/m0/s1. The van der Waals surface area contributed by atoms with Gasteiger partial charge < -0.3 is 14.5 Å². The van der Waals surface area contributed by atoms with E-state index in [4.69, 9.17) is 4.74 Å². The van der Waals surface area contributed by atoms with E-state index in [2.05, 4.69) is 0 Å². The summed E-state index contributed by atoms with van der Waals surface area (Å²) in [6.07, 6.45) is 3.66. The summed E-state index contributed by atoms with van der Waals surface area (Å²) < 4.78 is 33.4. The second-order valence-electron chi connectivity index (χ2n) is 9.44. The van der Waals surface area contributed by atoms with Crippen LogP contribution in [0.3, 0.4) is 0 Å². The highest BCUT2D eigenvalue weighted by molar-refractivity contribution is 7.89. The third kappa shape index (κ3) is 3.95. The van der Waals surface area contributed by atoms with Crippen LogP contribution in [0.4, 0.5) is 5.69 Å².